The summed E-state index contributed by atoms with van der Waals surface area (Å²) in [5, 5.41) is 6.79. The lowest BCUT2D eigenvalue weighted by Gasteiger charge is -2.31. The van der Waals surface area contributed by atoms with Gasteiger partial charge in [0.05, 0.1) is 0 Å². The van der Waals surface area contributed by atoms with Gasteiger partial charge in [-0.05, 0) is 251 Å². The highest BCUT2D eigenvalue weighted by Gasteiger charge is 2.24. The minimum Gasteiger partial charge on any atom is -0.381 e. The van der Waals surface area contributed by atoms with E-state index in [4.69, 9.17) is 4.74 Å². The molecule has 0 spiro atoms. The first-order valence-electron chi connectivity index (χ1n) is 36.5. The molecule has 9 aliphatic rings. The van der Waals surface area contributed by atoms with Gasteiger partial charge in [-0.1, -0.05) is 208 Å². The summed E-state index contributed by atoms with van der Waals surface area (Å²) in [5.74, 6) is 17.1. The molecule has 0 aromatic rings. The lowest BCUT2D eigenvalue weighted by atomic mass is 9.82. The monoisotopic (exact) mass is 1140 g/mol. The molecule has 0 amide bonds. The summed E-state index contributed by atoms with van der Waals surface area (Å²) in [5.41, 5.74) is 0. The van der Waals surface area contributed by atoms with Gasteiger partial charge in [-0.2, -0.15) is 0 Å². The standard InChI is InChI=1S/2C9H19N.C9H18.3C8H17N.C8H16O.2C8H16/c1-8(2)9-4-6-10(3)7-5-9;1-8(2)9-5-4-6-10(3)7-9;1-8(2)9-6-4-3-5-7-9;1-7(2)8-4-5-9(3)6-8;1-7(2)8-3-5-9-6-4-8;1-7(2)8-4-3-5-9-6-8;1-7(2)8-3-5-9-6-4-8;2*1-7(2)8-5-3-4-6-8/h2*8-9H,4-7H2,1-3H3;8-9H,3-7H2,1-2H3;7-8H,4-6H2,1-3H3;2*7-9H,3-6H2,1-2H3;7-8H,3-6H2,1-2H3;2*7-8H,3-6H2,1-2H3. The summed E-state index contributed by atoms with van der Waals surface area (Å²) in [6.45, 7) is 56.8. The first kappa shape index (κ1) is 78.8. The van der Waals surface area contributed by atoms with E-state index in [9.17, 15) is 0 Å². The summed E-state index contributed by atoms with van der Waals surface area (Å²) in [6.07, 6.45) is 34.6. The van der Waals surface area contributed by atoms with Crippen LogP contribution < -0.4 is 10.6 Å². The molecule has 486 valence electrons. The topological polar surface area (TPSA) is 43.0 Å². The highest BCUT2D eigenvalue weighted by atomic mass is 16.5. The Hall–Kier alpha value is -0.240. The van der Waals surface area contributed by atoms with E-state index in [1.807, 2.05) is 0 Å². The summed E-state index contributed by atoms with van der Waals surface area (Å²) in [6, 6.07) is 0. The molecule has 3 atom stereocenters. The highest BCUT2D eigenvalue weighted by molar-refractivity contribution is 4.77. The second-order valence-electron chi connectivity index (χ2n) is 31.4. The fraction of sp³-hybridized carbons (Fsp3) is 1.00. The van der Waals surface area contributed by atoms with Crippen molar-refractivity contribution in [1.82, 2.24) is 25.3 Å². The van der Waals surface area contributed by atoms with Crippen LogP contribution in [0.2, 0.25) is 0 Å². The zero-order valence-electron chi connectivity index (χ0n) is 59.6. The average Bonchev–Trinajstić information content (AvgIpc) is 4.30. The number of ether oxygens (including phenoxy) is 1. The molecule has 0 bridgehead atoms. The maximum Gasteiger partial charge on any atom is 0.0468 e. The zero-order valence-corrected chi connectivity index (χ0v) is 59.6. The molecular weight excluding hydrogens is 987 g/mol. The van der Waals surface area contributed by atoms with Gasteiger partial charge in [0.25, 0.3) is 0 Å². The van der Waals surface area contributed by atoms with E-state index in [0.717, 1.165) is 120 Å². The highest BCUT2D eigenvalue weighted by Crippen LogP contribution is 2.33. The van der Waals surface area contributed by atoms with Crippen LogP contribution in [0.5, 0.6) is 0 Å². The van der Waals surface area contributed by atoms with Crippen LogP contribution in [0.15, 0.2) is 0 Å². The van der Waals surface area contributed by atoms with Crippen LogP contribution in [0.4, 0.5) is 0 Å². The van der Waals surface area contributed by atoms with Crippen molar-refractivity contribution in [2.45, 2.75) is 279 Å². The van der Waals surface area contributed by atoms with Gasteiger partial charge in [-0.25, -0.2) is 0 Å². The van der Waals surface area contributed by atoms with Crippen molar-refractivity contribution < 1.29 is 4.74 Å². The molecule has 9 rings (SSSR count). The second kappa shape index (κ2) is 47.8. The largest absolute Gasteiger partial charge is 0.381 e. The van der Waals surface area contributed by atoms with E-state index < -0.39 is 0 Å². The Morgan fingerprint density at radius 3 is 0.840 bits per heavy atom. The maximum absolute atomic E-state index is 5.25. The first-order valence-corrected chi connectivity index (χ1v) is 36.5. The fourth-order valence-electron chi connectivity index (χ4n) is 14.3. The predicted molar refractivity (Wildman–Crippen MR) is 365 cm³/mol. The van der Waals surface area contributed by atoms with Gasteiger partial charge in [0, 0.05) is 26.3 Å². The normalized spacial score (nSPS) is 25.3. The Kier molecular flexibility index (Phi) is 46.5. The van der Waals surface area contributed by atoms with Crippen LogP contribution >= 0.6 is 0 Å². The smallest absolute Gasteiger partial charge is 0.0468 e. The Morgan fingerprint density at radius 1 is 0.259 bits per heavy atom. The number of nitrogens with one attached hydrogen (secondary N) is 2. The van der Waals surface area contributed by atoms with Crippen LogP contribution in [0.1, 0.15) is 279 Å². The molecule has 6 saturated heterocycles. The Morgan fingerprint density at radius 2 is 0.556 bits per heavy atom. The minimum atomic E-state index is 0.855. The third kappa shape index (κ3) is 39.3. The van der Waals surface area contributed by atoms with Crippen molar-refractivity contribution in [3.63, 3.8) is 0 Å². The van der Waals surface area contributed by atoms with Crippen LogP contribution in [0, 0.1) is 107 Å². The molecule has 0 aromatic heterocycles. The third-order valence-electron chi connectivity index (χ3n) is 21.8. The van der Waals surface area contributed by atoms with Crippen molar-refractivity contribution in [3.8, 4) is 0 Å². The van der Waals surface area contributed by atoms with Crippen molar-refractivity contribution >= 4 is 0 Å². The molecule has 6 heterocycles. The molecule has 6 aliphatic heterocycles. The third-order valence-corrected chi connectivity index (χ3v) is 21.8. The van der Waals surface area contributed by atoms with Crippen LogP contribution in [0.3, 0.4) is 0 Å². The first-order chi connectivity index (χ1) is 38.4. The van der Waals surface area contributed by atoms with Crippen molar-refractivity contribution in [3.05, 3.63) is 0 Å². The molecule has 2 N–H and O–H groups in total. The molecule has 9 fully saturated rings. The molecule has 3 saturated carbocycles. The summed E-state index contributed by atoms with van der Waals surface area (Å²) in [7, 11) is 6.66. The van der Waals surface area contributed by atoms with E-state index in [1.54, 1.807) is 0 Å². The van der Waals surface area contributed by atoms with E-state index >= 15 is 0 Å². The van der Waals surface area contributed by atoms with Gasteiger partial charge in [0.2, 0.25) is 0 Å². The molecule has 6 nitrogen and oxygen atoms in total. The summed E-state index contributed by atoms with van der Waals surface area (Å²) >= 11 is 0. The SMILES string of the molecule is CC(C)C1CCCC1.CC(C)C1CCCC1.CC(C)C1CCCCC1.CC(C)C1CCCN(C)C1.CC(C)C1CCCNC1.CC(C)C1CCN(C)C1.CC(C)C1CCN(C)CC1.CC(C)C1CCNCC1.CC(C)C1CCOCC1. The van der Waals surface area contributed by atoms with E-state index in [0.29, 0.717) is 0 Å². The van der Waals surface area contributed by atoms with E-state index in [-0.39, 0.29) is 0 Å². The van der Waals surface area contributed by atoms with Gasteiger partial charge in [0.15, 0.2) is 0 Å². The number of rotatable bonds is 9. The molecule has 81 heavy (non-hydrogen) atoms. The number of hydrogen-bond donors (Lipinski definition) is 2. The fourth-order valence-corrected chi connectivity index (χ4v) is 14.3. The molecule has 0 radical (unpaired) electrons. The Bertz CT molecular complexity index is 1210. The molecule has 3 aliphatic carbocycles. The molecule has 3 unspecified atom stereocenters. The van der Waals surface area contributed by atoms with Gasteiger partial charge < -0.3 is 30.1 Å². The predicted octanol–water partition coefficient (Wildman–Crippen LogP) is 19.8. The minimum absolute atomic E-state index is 0.855. The van der Waals surface area contributed by atoms with E-state index in [2.05, 4.69) is 171 Å². The average molecular weight is 1140 g/mol. The Balaban J connectivity index is 0.000000456. The lowest BCUT2D eigenvalue weighted by Crippen LogP contribution is -2.34. The van der Waals surface area contributed by atoms with Crippen molar-refractivity contribution in [2.75, 3.05) is 99.8 Å². The quantitative estimate of drug-likeness (QED) is 0.240. The van der Waals surface area contributed by atoms with Gasteiger partial charge in [-0.15, -0.1) is 0 Å². The van der Waals surface area contributed by atoms with Crippen LogP contribution in [-0.2, 0) is 4.74 Å². The zero-order chi connectivity index (χ0) is 60.7. The maximum atomic E-state index is 5.25. The Labute approximate surface area is 512 Å². The molecule has 0 aromatic carbocycles. The lowest BCUT2D eigenvalue weighted by molar-refractivity contribution is 0.0523. The van der Waals surface area contributed by atoms with Crippen molar-refractivity contribution in [2.24, 2.45) is 107 Å². The van der Waals surface area contributed by atoms with Gasteiger partial charge in [-0.3, -0.25) is 0 Å². The summed E-state index contributed by atoms with van der Waals surface area (Å²) in [4.78, 5) is 7.30. The van der Waals surface area contributed by atoms with Crippen molar-refractivity contribution in [1.29, 1.82) is 0 Å². The molecular formula is C75H155N5O. The van der Waals surface area contributed by atoms with Crippen LogP contribution in [0.25, 0.3) is 0 Å². The molecule has 6 heteroatoms. The number of piperidine rings is 4. The van der Waals surface area contributed by atoms with Gasteiger partial charge >= 0.3 is 0 Å². The second-order valence-corrected chi connectivity index (χ2v) is 31.4. The number of likely N-dealkylation sites (tertiary alicyclic amines) is 3. The number of hydrogen-bond acceptors (Lipinski definition) is 6. The number of nitrogens with zero attached hydrogens (tertiary/aromatic N) is 3. The summed E-state index contributed by atoms with van der Waals surface area (Å²) < 4.78 is 5.25. The van der Waals surface area contributed by atoms with E-state index in [1.165, 1.54) is 220 Å². The van der Waals surface area contributed by atoms with Gasteiger partial charge in [0.1, 0.15) is 0 Å². The van der Waals surface area contributed by atoms with Crippen LogP contribution in [-0.4, -0.2) is 115 Å².